The molecule has 2 heterocycles. The van der Waals surface area contributed by atoms with E-state index in [1.54, 1.807) is 30.6 Å². The lowest BCUT2D eigenvalue weighted by Crippen LogP contribution is -2.47. The molecule has 0 saturated carbocycles. The monoisotopic (exact) mass is 375 g/mol. The molecule has 0 N–H and O–H groups in total. The molecule has 6 heteroatoms. The van der Waals surface area contributed by atoms with Gasteiger partial charge in [-0.05, 0) is 35.4 Å². The van der Waals surface area contributed by atoms with Gasteiger partial charge in [0.2, 0.25) is 5.91 Å². The minimum absolute atomic E-state index is 0.000367. The van der Waals surface area contributed by atoms with Gasteiger partial charge in [-0.25, -0.2) is 0 Å². The third-order valence-electron chi connectivity index (χ3n) is 4.23. The van der Waals surface area contributed by atoms with Gasteiger partial charge >= 0.3 is 0 Å². The molecule has 1 fully saturated rings. The van der Waals surface area contributed by atoms with Crippen molar-refractivity contribution in [2.45, 2.75) is 6.54 Å². The zero-order valence-corrected chi connectivity index (χ0v) is 15.2. The van der Waals surface area contributed by atoms with E-state index in [0.29, 0.717) is 10.0 Å². The Morgan fingerprint density at radius 1 is 1.08 bits per heavy atom. The third kappa shape index (κ3) is 4.82. The molecular formula is C19H19Cl2N3O. The van der Waals surface area contributed by atoms with Crippen LogP contribution in [-0.4, -0.2) is 46.9 Å². The normalized spacial score (nSPS) is 15.7. The lowest BCUT2D eigenvalue weighted by Gasteiger charge is -2.34. The van der Waals surface area contributed by atoms with Crippen molar-refractivity contribution in [3.8, 4) is 0 Å². The summed E-state index contributed by atoms with van der Waals surface area (Å²) in [7, 11) is 0. The Morgan fingerprint density at radius 3 is 2.52 bits per heavy atom. The van der Waals surface area contributed by atoms with E-state index in [2.05, 4.69) is 9.88 Å². The molecule has 1 aromatic heterocycles. The molecule has 0 atom stereocenters. The number of rotatable bonds is 4. The lowest BCUT2D eigenvalue weighted by molar-refractivity contribution is -0.127. The van der Waals surface area contributed by atoms with Gasteiger partial charge in [0, 0.05) is 51.2 Å². The van der Waals surface area contributed by atoms with Crippen LogP contribution >= 0.6 is 23.2 Å². The molecule has 1 saturated heterocycles. The fraction of sp³-hybridized carbons (Fsp3) is 0.263. The van der Waals surface area contributed by atoms with E-state index in [1.807, 2.05) is 29.2 Å². The first-order valence-corrected chi connectivity index (χ1v) is 8.91. The maximum atomic E-state index is 12.4. The second-order valence-corrected chi connectivity index (χ2v) is 6.72. The molecule has 0 bridgehead atoms. The van der Waals surface area contributed by atoms with Gasteiger partial charge in [0.15, 0.2) is 0 Å². The summed E-state index contributed by atoms with van der Waals surface area (Å²) >= 11 is 12.1. The minimum atomic E-state index is -0.000367. The van der Waals surface area contributed by atoms with Crippen LogP contribution in [0.3, 0.4) is 0 Å². The van der Waals surface area contributed by atoms with Crippen LogP contribution < -0.4 is 0 Å². The number of carbonyl (C=O) groups excluding carboxylic acids is 1. The quantitative estimate of drug-likeness (QED) is 0.763. The average molecular weight is 376 g/mol. The first-order valence-electron chi connectivity index (χ1n) is 8.16. The van der Waals surface area contributed by atoms with E-state index >= 15 is 0 Å². The van der Waals surface area contributed by atoms with Gasteiger partial charge in [0.1, 0.15) is 0 Å². The van der Waals surface area contributed by atoms with Crippen molar-refractivity contribution in [1.82, 2.24) is 14.8 Å². The van der Waals surface area contributed by atoms with Gasteiger partial charge in [-0.3, -0.25) is 14.7 Å². The van der Waals surface area contributed by atoms with E-state index in [-0.39, 0.29) is 5.91 Å². The largest absolute Gasteiger partial charge is 0.337 e. The van der Waals surface area contributed by atoms with Crippen LogP contribution in [0.25, 0.3) is 6.08 Å². The van der Waals surface area contributed by atoms with Crippen LogP contribution in [0.5, 0.6) is 0 Å². The molecule has 0 unspecified atom stereocenters. The average Bonchev–Trinajstić information content (AvgIpc) is 2.64. The van der Waals surface area contributed by atoms with Crippen molar-refractivity contribution in [2.24, 2.45) is 0 Å². The highest BCUT2D eigenvalue weighted by Gasteiger charge is 2.19. The molecule has 130 valence electrons. The minimum Gasteiger partial charge on any atom is -0.337 e. The fourth-order valence-electron chi connectivity index (χ4n) is 2.79. The van der Waals surface area contributed by atoms with Crippen molar-refractivity contribution < 1.29 is 4.79 Å². The summed E-state index contributed by atoms with van der Waals surface area (Å²) in [6.07, 6.45) is 6.90. The summed E-state index contributed by atoms with van der Waals surface area (Å²) in [5.41, 5.74) is 1.99. The van der Waals surface area contributed by atoms with Gasteiger partial charge in [-0.1, -0.05) is 35.3 Å². The Balaban J connectivity index is 1.53. The molecule has 25 heavy (non-hydrogen) atoms. The summed E-state index contributed by atoms with van der Waals surface area (Å²) in [6.45, 7) is 4.05. The molecule has 1 aliphatic heterocycles. The van der Waals surface area contributed by atoms with Crippen molar-refractivity contribution in [2.75, 3.05) is 26.2 Å². The fourth-order valence-corrected chi connectivity index (χ4v) is 3.16. The summed E-state index contributed by atoms with van der Waals surface area (Å²) < 4.78 is 0. The highest BCUT2D eigenvalue weighted by molar-refractivity contribution is 6.42. The number of hydrogen-bond acceptors (Lipinski definition) is 3. The van der Waals surface area contributed by atoms with E-state index in [1.165, 1.54) is 5.56 Å². The zero-order valence-electron chi connectivity index (χ0n) is 13.7. The van der Waals surface area contributed by atoms with E-state index in [4.69, 9.17) is 23.2 Å². The Morgan fingerprint density at radius 2 is 1.80 bits per heavy atom. The lowest BCUT2D eigenvalue weighted by atomic mass is 10.2. The number of hydrogen-bond donors (Lipinski definition) is 0. The standard InChI is InChI=1S/C19H19Cl2N3O/c20-17-3-1-2-16(19(17)21)4-5-18(25)24-12-10-23(11-13-24)14-15-6-8-22-9-7-15/h1-9H,10-14H2/b5-4+. The maximum Gasteiger partial charge on any atom is 0.246 e. The van der Waals surface area contributed by atoms with Gasteiger partial charge < -0.3 is 4.90 Å². The molecule has 3 rings (SSSR count). The molecule has 0 spiro atoms. The SMILES string of the molecule is O=C(/C=C/c1cccc(Cl)c1Cl)N1CCN(Cc2ccncc2)CC1. The second-order valence-electron chi connectivity index (χ2n) is 5.93. The summed E-state index contributed by atoms with van der Waals surface area (Å²) in [5.74, 6) is -0.000367. The van der Waals surface area contributed by atoms with E-state index in [9.17, 15) is 4.79 Å². The topological polar surface area (TPSA) is 36.4 Å². The number of halogens is 2. The van der Waals surface area contributed by atoms with Crippen LogP contribution in [0.1, 0.15) is 11.1 Å². The highest BCUT2D eigenvalue weighted by Crippen LogP contribution is 2.26. The number of aromatic nitrogens is 1. The predicted molar refractivity (Wildman–Crippen MR) is 102 cm³/mol. The van der Waals surface area contributed by atoms with Crippen molar-refractivity contribution >= 4 is 35.2 Å². The Kier molecular flexibility index (Phi) is 6.08. The van der Waals surface area contributed by atoms with Crippen LogP contribution in [0, 0.1) is 0 Å². The number of piperazine rings is 1. The molecule has 0 radical (unpaired) electrons. The summed E-state index contributed by atoms with van der Waals surface area (Å²) in [4.78, 5) is 20.6. The first-order chi connectivity index (χ1) is 12.1. The van der Waals surface area contributed by atoms with Gasteiger partial charge in [0.25, 0.3) is 0 Å². The Labute approximate surface area is 157 Å². The highest BCUT2D eigenvalue weighted by atomic mass is 35.5. The molecule has 0 aliphatic carbocycles. The van der Waals surface area contributed by atoms with E-state index < -0.39 is 0 Å². The number of benzene rings is 1. The number of nitrogens with zero attached hydrogens (tertiary/aromatic N) is 3. The molecule has 4 nitrogen and oxygen atoms in total. The van der Waals surface area contributed by atoms with E-state index in [0.717, 1.165) is 38.3 Å². The van der Waals surface area contributed by atoms with Crippen LogP contribution in [0.4, 0.5) is 0 Å². The molecular weight excluding hydrogens is 357 g/mol. The first kappa shape index (κ1) is 17.9. The Bertz CT molecular complexity index is 757. The van der Waals surface area contributed by atoms with Crippen molar-refractivity contribution in [3.05, 3.63) is 70.0 Å². The number of carbonyl (C=O) groups is 1. The molecule has 1 amide bonds. The molecule has 2 aromatic rings. The smallest absolute Gasteiger partial charge is 0.246 e. The predicted octanol–water partition coefficient (Wildman–Crippen LogP) is 3.75. The van der Waals surface area contributed by atoms with Crippen LogP contribution in [-0.2, 0) is 11.3 Å². The molecule has 1 aliphatic rings. The number of amides is 1. The van der Waals surface area contributed by atoms with Gasteiger partial charge in [0.05, 0.1) is 10.0 Å². The Hall–Kier alpha value is -1.88. The molecule has 1 aromatic carbocycles. The van der Waals surface area contributed by atoms with Crippen LogP contribution in [0.15, 0.2) is 48.8 Å². The van der Waals surface area contributed by atoms with Gasteiger partial charge in [-0.15, -0.1) is 0 Å². The van der Waals surface area contributed by atoms with Gasteiger partial charge in [-0.2, -0.15) is 0 Å². The zero-order chi connectivity index (χ0) is 17.6. The van der Waals surface area contributed by atoms with Crippen molar-refractivity contribution in [3.63, 3.8) is 0 Å². The second kappa shape index (κ2) is 8.48. The van der Waals surface area contributed by atoms with Crippen molar-refractivity contribution in [1.29, 1.82) is 0 Å². The number of pyridine rings is 1. The van der Waals surface area contributed by atoms with Crippen LogP contribution in [0.2, 0.25) is 10.0 Å². The summed E-state index contributed by atoms with van der Waals surface area (Å²) in [6, 6.07) is 9.43. The third-order valence-corrected chi connectivity index (χ3v) is 5.06. The maximum absolute atomic E-state index is 12.4. The summed E-state index contributed by atoms with van der Waals surface area (Å²) in [5, 5.41) is 0.955.